The SMILES string of the molecule is CCN(CC)C(C)=O.CNC(C)=O. The summed E-state index contributed by atoms with van der Waals surface area (Å²) in [6.07, 6.45) is 0. The molecule has 0 aromatic carbocycles. The third-order valence-electron chi connectivity index (χ3n) is 1.56. The Kier molecular flexibility index (Phi) is 10.0. The first kappa shape index (κ1) is 14.5. The van der Waals surface area contributed by atoms with Gasteiger partial charge in [0, 0.05) is 34.0 Å². The fraction of sp³-hybridized carbons (Fsp3) is 0.778. The maximum Gasteiger partial charge on any atom is 0.219 e. The Morgan fingerprint density at radius 3 is 1.46 bits per heavy atom. The number of carbonyl (C=O) groups is 2. The molecule has 13 heavy (non-hydrogen) atoms. The molecule has 1 N–H and O–H groups in total. The van der Waals surface area contributed by atoms with E-state index in [-0.39, 0.29) is 11.8 Å². The Bertz CT molecular complexity index is 154. The Balaban J connectivity index is 0. The van der Waals surface area contributed by atoms with Gasteiger partial charge in [-0.15, -0.1) is 0 Å². The minimum atomic E-state index is 0.00463. The van der Waals surface area contributed by atoms with Crippen molar-refractivity contribution in [3.05, 3.63) is 0 Å². The number of rotatable bonds is 2. The van der Waals surface area contributed by atoms with Gasteiger partial charge in [-0.1, -0.05) is 0 Å². The van der Waals surface area contributed by atoms with Crippen LogP contribution in [0.15, 0.2) is 0 Å². The van der Waals surface area contributed by atoms with Crippen molar-refractivity contribution in [3.8, 4) is 0 Å². The van der Waals surface area contributed by atoms with Gasteiger partial charge in [0.05, 0.1) is 0 Å². The van der Waals surface area contributed by atoms with Crippen LogP contribution in [-0.2, 0) is 9.59 Å². The van der Waals surface area contributed by atoms with Crippen molar-refractivity contribution >= 4 is 11.8 Å². The van der Waals surface area contributed by atoms with Crippen molar-refractivity contribution in [3.63, 3.8) is 0 Å². The van der Waals surface area contributed by atoms with Gasteiger partial charge in [0.25, 0.3) is 0 Å². The van der Waals surface area contributed by atoms with Crippen LogP contribution in [0, 0.1) is 0 Å². The summed E-state index contributed by atoms with van der Waals surface area (Å²) < 4.78 is 0. The fourth-order valence-electron chi connectivity index (χ4n) is 0.669. The lowest BCUT2D eigenvalue weighted by atomic mass is 10.5. The average molecular weight is 188 g/mol. The highest BCUT2D eigenvalue weighted by atomic mass is 16.2. The molecule has 4 nitrogen and oxygen atoms in total. The van der Waals surface area contributed by atoms with Gasteiger partial charge in [-0.2, -0.15) is 0 Å². The van der Waals surface area contributed by atoms with Crippen LogP contribution in [0.3, 0.4) is 0 Å². The van der Waals surface area contributed by atoms with Crippen molar-refractivity contribution < 1.29 is 9.59 Å². The second kappa shape index (κ2) is 9.03. The molecule has 0 fully saturated rings. The van der Waals surface area contributed by atoms with Crippen LogP contribution in [0.25, 0.3) is 0 Å². The molecule has 0 aliphatic rings. The monoisotopic (exact) mass is 188 g/mol. The molecule has 0 radical (unpaired) electrons. The Morgan fingerprint density at radius 1 is 1.15 bits per heavy atom. The van der Waals surface area contributed by atoms with Crippen molar-refractivity contribution in [1.82, 2.24) is 10.2 Å². The summed E-state index contributed by atoms with van der Waals surface area (Å²) in [5, 5.41) is 2.39. The normalized spacial score (nSPS) is 8.08. The summed E-state index contributed by atoms with van der Waals surface area (Å²) in [4.78, 5) is 22.0. The van der Waals surface area contributed by atoms with E-state index in [2.05, 4.69) is 5.32 Å². The largest absolute Gasteiger partial charge is 0.359 e. The van der Waals surface area contributed by atoms with Gasteiger partial charge >= 0.3 is 0 Å². The highest BCUT2D eigenvalue weighted by Crippen LogP contribution is 1.84. The van der Waals surface area contributed by atoms with Gasteiger partial charge in [0.1, 0.15) is 0 Å². The number of hydrogen-bond acceptors (Lipinski definition) is 2. The number of hydrogen-bond donors (Lipinski definition) is 1. The van der Waals surface area contributed by atoms with E-state index in [9.17, 15) is 9.59 Å². The van der Waals surface area contributed by atoms with E-state index >= 15 is 0 Å². The summed E-state index contributed by atoms with van der Waals surface area (Å²) >= 11 is 0. The molecule has 78 valence electrons. The zero-order valence-corrected chi connectivity index (χ0v) is 9.18. The molecular weight excluding hydrogens is 168 g/mol. The van der Waals surface area contributed by atoms with Crippen molar-refractivity contribution in [2.24, 2.45) is 0 Å². The molecule has 0 bridgehead atoms. The minimum absolute atomic E-state index is 0.00463. The predicted molar refractivity (Wildman–Crippen MR) is 53.3 cm³/mol. The molecule has 0 saturated heterocycles. The maximum atomic E-state index is 10.5. The van der Waals surface area contributed by atoms with Crippen molar-refractivity contribution in [2.75, 3.05) is 20.1 Å². The van der Waals surface area contributed by atoms with Crippen LogP contribution in [0.5, 0.6) is 0 Å². The van der Waals surface area contributed by atoms with Gasteiger partial charge < -0.3 is 10.2 Å². The van der Waals surface area contributed by atoms with Crippen LogP contribution in [-0.4, -0.2) is 36.9 Å². The van der Waals surface area contributed by atoms with Crippen molar-refractivity contribution in [1.29, 1.82) is 0 Å². The van der Waals surface area contributed by atoms with E-state index in [1.165, 1.54) is 6.92 Å². The summed E-state index contributed by atoms with van der Waals surface area (Å²) in [5.41, 5.74) is 0. The van der Waals surface area contributed by atoms with E-state index in [1.807, 2.05) is 13.8 Å². The van der Waals surface area contributed by atoms with Crippen LogP contribution in [0.4, 0.5) is 0 Å². The molecule has 0 aliphatic carbocycles. The highest BCUT2D eigenvalue weighted by molar-refractivity contribution is 5.73. The first-order chi connectivity index (χ1) is 5.99. The average Bonchev–Trinajstić information content (AvgIpc) is 2.07. The first-order valence-electron chi connectivity index (χ1n) is 4.43. The first-order valence-corrected chi connectivity index (χ1v) is 4.43. The number of nitrogens with one attached hydrogen (secondary N) is 1. The van der Waals surface area contributed by atoms with E-state index in [0.29, 0.717) is 0 Å². The fourth-order valence-corrected chi connectivity index (χ4v) is 0.669. The predicted octanol–water partition coefficient (Wildman–Crippen LogP) is 0.627. The summed E-state index contributed by atoms with van der Waals surface area (Å²) in [7, 11) is 1.60. The van der Waals surface area contributed by atoms with E-state index in [4.69, 9.17) is 0 Å². The summed E-state index contributed by atoms with van der Waals surface area (Å²) in [5.74, 6) is 0.167. The molecule has 0 aromatic heterocycles. The quantitative estimate of drug-likeness (QED) is 0.691. The zero-order valence-electron chi connectivity index (χ0n) is 9.18. The van der Waals surface area contributed by atoms with Crippen LogP contribution in [0.2, 0.25) is 0 Å². The lowest BCUT2D eigenvalue weighted by Crippen LogP contribution is -2.27. The number of nitrogens with zero attached hydrogens (tertiary/aromatic N) is 1. The van der Waals surface area contributed by atoms with E-state index < -0.39 is 0 Å². The molecule has 0 rings (SSSR count). The molecular formula is C9H20N2O2. The molecule has 2 amide bonds. The lowest BCUT2D eigenvalue weighted by Gasteiger charge is -2.14. The minimum Gasteiger partial charge on any atom is -0.359 e. The lowest BCUT2D eigenvalue weighted by molar-refractivity contribution is -0.128. The topological polar surface area (TPSA) is 49.4 Å². The molecule has 0 heterocycles. The molecule has 0 aliphatic heterocycles. The molecule has 4 heteroatoms. The summed E-state index contributed by atoms with van der Waals surface area (Å²) in [6.45, 7) is 8.67. The van der Waals surface area contributed by atoms with E-state index in [1.54, 1.807) is 18.9 Å². The van der Waals surface area contributed by atoms with Gasteiger partial charge in [-0.25, -0.2) is 0 Å². The van der Waals surface area contributed by atoms with Gasteiger partial charge in [-0.05, 0) is 13.8 Å². The number of amides is 2. The standard InChI is InChI=1S/C6H13NO.C3H7NO/c1-4-7(5-2)6(3)8;1-3(5)4-2/h4-5H2,1-3H3;1-2H3,(H,4,5). The van der Waals surface area contributed by atoms with Gasteiger partial charge in [-0.3, -0.25) is 9.59 Å². The summed E-state index contributed by atoms with van der Waals surface area (Å²) in [6, 6.07) is 0. The molecule has 0 spiro atoms. The van der Waals surface area contributed by atoms with Crippen molar-refractivity contribution in [2.45, 2.75) is 27.7 Å². The third kappa shape index (κ3) is 10.9. The maximum absolute atomic E-state index is 10.5. The second-order valence-corrected chi connectivity index (χ2v) is 2.50. The number of carbonyl (C=O) groups excluding carboxylic acids is 2. The molecule has 0 atom stereocenters. The Labute approximate surface area is 80.3 Å². The third-order valence-corrected chi connectivity index (χ3v) is 1.56. The molecule has 0 aromatic rings. The highest BCUT2D eigenvalue weighted by Gasteiger charge is 1.99. The smallest absolute Gasteiger partial charge is 0.219 e. The Hall–Kier alpha value is -1.06. The zero-order chi connectivity index (χ0) is 10.9. The second-order valence-electron chi connectivity index (χ2n) is 2.50. The van der Waals surface area contributed by atoms with Crippen LogP contribution >= 0.6 is 0 Å². The van der Waals surface area contributed by atoms with Gasteiger partial charge in [0.15, 0.2) is 0 Å². The van der Waals surface area contributed by atoms with Crippen LogP contribution in [0.1, 0.15) is 27.7 Å². The van der Waals surface area contributed by atoms with E-state index in [0.717, 1.165) is 13.1 Å². The molecule has 0 saturated carbocycles. The van der Waals surface area contributed by atoms with Gasteiger partial charge in [0.2, 0.25) is 11.8 Å². The van der Waals surface area contributed by atoms with Crippen LogP contribution < -0.4 is 5.32 Å². The Morgan fingerprint density at radius 2 is 1.46 bits per heavy atom. The molecule has 0 unspecified atom stereocenters.